The summed E-state index contributed by atoms with van der Waals surface area (Å²) in [6, 6.07) is 8.14. The number of anilines is 2. The van der Waals surface area contributed by atoms with E-state index in [9.17, 15) is 10.4 Å². The smallest absolute Gasteiger partial charge is 0.224 e. The van der Waals surface area contributed by atoms with Crippen LogP contribution in [-0.2, 0) is 13.2 Å². The van der Waals surface area contributed by atoms with Crippen molar-refractivity contribution >= 4 is 11.8 Å². The van der Waals surface area contributed by atoms with E-state index in [0.29, 0.717) is 41.8 Å². The highest BCUT2D eigenvalue weighted by atomic mass is 16.5. The van der Waals surface area contributed by atoms with Gasteiger partial charge in [0, 0.05) is 24.7 Å². The highest BCUT2D eigenvalue weighted by molar-refractivity contribution is 5.54. The number of nitrogens with zero attached hydrogens (tertiary/aromatic N) is 3. The molecule has 5 N–H and O–H groups in total. The van der Waals surface area contributed by atoms with Gasteiger partial charge in [0.25, 0.3) is 0 Å². The number of nitrogens with two attached hydrogens (primary N) is 1. The van der Waals surface area contributed by atoms with E-state index in [1.807, 2.05) is 18.2 Å². The number of aliphatic hydroxyl groups excluding tert-OH is 1. The van der Waals surface area contributed by atoms with Crippen molar-refractivity contribution in [3.8, 4) is 11.8 Å². The Morgan fingerprint density at radius 1 is 1.24 bits per heavy atom. The largest absolute Gasteiger partial charge is 0.496 e. The average molecular weight is 449 g/mol. The van der Waals surface area contributed by atoms with E-state index >= 15 is 0 Å². The minimum absolute atomic E-state index is 0.0341. The fourth-order valence-electron chi connectivity index (χ4n) is 6.65. The van der Waals surface area contributed by atoms with E-state index in [0.717, 1.165) is 29.3 Å². The summed E-state index contributed by atoms with van der Waals surface area (Å²) in [6.07, 6.45) is 7.73. The third-order valence-corrected chi connectivity index (χ3v) is 7.98. The fraction of sp³-hybridized carbons (Fsp3) is 0.560. The topological polar surface area (TPSA) is 129 Å². The molecule has 174 valence electrons. The number of aliphatic hydroxyl groups is 1. The molecule has 0 spiro atoms. The maximum absolute atomic E-state index is 9.59. The molecule has 0 aliphatic heterocycles. The zero-order chi connectivity index (χ0) is 23.0. The van der Waals surface area contributed by atoms with Gasteiger partial charge < -0.3 is 26.2 Å². The van der Waals surface area contributed by atoms with Crippen LogP contribution in [0.5, 0.6) is 5.75 Å². The van der Waals surface area contributed by atoms with Crippen molar-refractivity contribution in [2.24, 2.45) is 28.9 Å². The van der Waals surface area contributed by atoms with Gasteiger partial charge in [-0.2, -0.15) is 10.2 Å². The lowest BCUT2D eigenvalue weighted by molar-refractivity contribution is -0.0591. The van der Waals surface area contributed by atoms with Crippen LogP contribution in [0.25, 0.3) is 0 Å². The second-order valence-corrected chi connectivity index (χ2v) is 10.1. The molecule has 4 aliphatic carbocycles. The third kappa shape index (κ3) is 4.23. The van der Waals surface area contributed by atoms with Gasteiger partial charge in [0.1, 0.15) is 23.2 Å². The molecule has 4 fully saturated rings. The Balaban J connectivity index is 1.29. The van der Waals surface area contributed by atoms with Crippen molar-refractivity contribution in [1.82, 2.24) is 9.97 Å². The van der Waals surface area contributed by atoms with Gasteiger partial charge in [-0.05, 0) is 73.0 Å². The van der Waals surface area contributed by atoms with Gasteiger partial charge in [0.2, 0.25) is 5.95 Å². The maximum Gasteiger partial charge on any atom is 0.224 e. The molecule has 8 nitrogen and oxygen atoms in total. The third-order valence-electron chi connectivity index (χ3n) is 7.98. The van der Waals surface area contributed by atoms with Crippen molar-refractivity contribution in [2.75, 3.05) is 24.3 Å². The molecule has 6 rings (SSSR count). The SMILES string of the molecule is COc1ccc(CO)cc1CNc1ncc(C#N)c(NCC23CC4C[C@H](C2)C(N)[C@@H](C4)C3)n1. The monoisotopic (exact) mass is 448 g/mol. The normalized spacial score (nSPS) is 29.5. The van der Waals surface area contributed by atoms with Crippen molar-refractivity contribution in [3.05, 3.63) is 41.1 Å². The molecule has 0 amide bonds. The highest BCUT2D eigenvalue weighted by Crippen LogP contribution is 2.59. The molecule has 1 aromatic heterocycles. The maximum atomic E-state index is 9.59. The lowest BCUT2D eigenvalue weighted by atomic mass is 9.48. The number of nitriles is 1. The van der Waals surface area contributed by atoms with Gasteiger partial charge in [0.05, 0.1) is 19.9 Å². The summed E-state index contributed by atoms with van der Waals surface area (Å²) in [5.41, 5.74) is 8.92. The van der Waals surface area contributed by atoms with Crippen LogP contribution in [0.1, 0.15) is 48.8 Å². The number of ether oxygens (including phenoxy) is 1. The lowest BCUT2D eigenvalue weighted by Crippen LogP contribution is -2.58. The second kappa shape index (κ2) is 8.81. The number of benzene rings is 1. The molecule has 33 heavy (non-hydrogen) atoms. The van der Waals surface area contributed by atoms with Crippen LogP contribution in [0.2, 0.25) is 0 Å². The fourth-order valence-corrected chi connectivity index (χ4v) is 6.65. The average Bonchev–Trinajstić information content (AvgIpc) is 2.84. The molecule has 0 saturated heterocycles. The van der Waals surface area contributed by atoms with E-state index in [2.05, 4.69) is 26.7 Å². The molecular weight excluding hydrogens is 416 g/mol. The van der Waals surface area contributed by atoms with Crippen molar-refractivity contribution in [3.63, 3.8) is 0 Å². The Morgan fingerprint density at radius 3 is 2.73 bits per heavy atom. The molecular formula is C25H32N6O2. The molecule has 2 aromatic rings. The lowest BCUT2D eigenvalue weighted by Gasteiger charge is -2.59. The summed E-state index contributed by atoms with van der Waals surface area (Å²) in [7, 11) is 1.62. The Kier molecular flexibility index (Phi) is 5.85. The van der Waals surface area contributed by atoms with Crippen LogP contribution in [0, 0.1) is 34.5 Å². The highest BCUT2D eigenvalue weighted by Gasteiger charge is 2.54. The zero-order valence-electron chi connectivity index (χ0n) is 19.1. The molecule has 4 aliphatic rings. The van der Waals surface area contributed by atoms with Gasteiger partial charge in [-0.25, -0.2) is 4.98 Å². The van der Waals surface area contributed by atoms with Gasteiger partial charge in [-0.1, -0.05) is 6.07 Å². The van der Waals surface area contributed by atoms with E-state index in [1.54, 1.807) is 13.3 Å². The van der Waals surface area contributed by atoms with Crippen LogP contribution < -0.4 is 21.1 Å². The molecule has 5 atom stereocenters. The summed E-state index contributed by atoms with van der Waals surface area (Å²) >= 11 is 0. The molecule has 3 unspecified atom stereocenters. The zero-order valence-corrected chi connectivity index (χ0v) is 19.1. The summed E-state index contributed by atoms with van der Waals surface area (Å²) in [5, 5.41) is 25.8. The molecule has 8 heteroatoms. The van der Waals surface area contributed by atoms with Crippen LogP contribution in [-0.4, -0.2) is 34.8 Å². The molecule has 0 radical (unpaired) electrons. The first kappa shape index (κ1) is 21.9. The van der Waals surface area contributed by atoms with Crippen LogP contribution in [0.15, 0.2) is 24.4 Å². The predicted octanol–water partition coefficient (Wildman–Crippen LogP) is 3.03. The Morgan fingerprint density at radius 2 is 2.03 bits per heavy atom. The quantitative estimate of drug-likeness (QED) is 0.485. The van der Waals surface area contributed by atoms with E-state index in [1.165, 1.54) is 32.1 Å². The standard InChI is InChI=1S/C25H32N6O2/c1-33-21-3-2-15(13-32)4-19(21)11-28-24-29-12-20(10-26)23(31-24)30-14-25-7-16-5-17(8-25)22(27)18(6-16)9-25/h2-4,12,16-18,22,32H,5-9,11,13-14,27H2,1H3,(H2,28,29,30,31)/t16?,17-,18+,22?,25?. The molecule has 1 aromatic carbocycles. The number of aromatic nitrogens is 2. The van der Waals surface area contributed by atoms with E-state index in [-0.39, 0.29) is 12.0 Å². The first-order chi connectivity index (χ1) is 16.0. The summed E-state index contributed by atoms with van der Waals surface area (Å²) in [4.78, 5) is 8.93. The van der Waals surface area contributed by atoms with Gasteiger partial charge in [-0.3, -0.25) is 0 Å². The van der Waals surface area contributed by atoms with Crippen molar-refractivity contribution in [2.45, 2.75) is 51.3 Å². The van der Waals surface area contributed by atoms with Crippen LogP contribution in [0.3, 0.4) is 0 Å². The minimum atomic E-state index is -0.0341. The molecule has 1 heterocycles. The van der Waals surface area contributed by atoms with Crippen molar-refractivity contribution < 1.29 is 9.84 Å². The van der Waals surface area contributed by atoms with Crippen LogP contribution in [0.4, 0.5) is 11.8 Å². The summed E-state index contributed by atoms with van der Waals surface area (Å²) < 4.78 is 5.43. The van der Waals surface area contributed by atoms with Crippen molar-refractivity contribution in [1.29, 1.82) is 5.26 Å². The van der Waals surface area contributed by atoms with E-state index in [4.69, 9.17) is 10.5 Å². The number of rotatable bonds is 8. The predicted molar refractivity (Wildman–Crippen MR) is 125 cm³/mol. The first-order valence-electron chi connectivity index (χ1n) is 11.8. The van der Waals surface area contributed by atoms with Gasteiger partial charge in [-0.15, -0.1) is 0 Å². The summed E-state index contributed by atoms with van der Waals surface area (Å²) in [5.74, 6) is 3.83. The Labute approximate surface area is 194 Å². The molecule has 4 bridgehead atoms. The Bertz CT molecular complexity index is 1050. The number of hydrogen-bond donors (Lipinski definition) is 4. The summed E-state index contributed by atoms with van der Waals surface area (Å²) in [6.45, 7) is 1.23. The number of nitrogens with one attached hydrogen (secondary N) is 2. The number of methoxy groups -OCH3 is 1. The van der Waals surface area contributed by atoms with Crippen LogP contribution >= 0.6 is 0 Å². The first-order valence-corrected chi connectivity index (χ1v) is 11.8. The second-order valence-electron chi connectivity index (χ2n) is 10.1. The van der Waals surface area contributed by atoms with Gasteiger partial charge in [0.15, 0.2) is 0 Å². The van der Waals surface area contributed by atoms with E-state index < -0.39 is 0 Å². The molecule has 4 saturated carbocycles. The minimum Gasteiger partial charge on any atom is -0.496 e. The van der Waals surface area contributed by atoms with Gasteiger partial charge >= 0.3 is 0 Å². The Hall–Kier alpha value is -2.89. The number of hydrogen-bond acceptors (Lipinski definition) is 8.